The van der Waals surface area contributed by atoms with Crippen LogP contribution in [0.4, 0.5) is 0 Å². The highest BCUT2D eigenvalue weighted by atomic mass is 16.5. The summed E-state index contributed by atoms with van der Waals surface area (Å²) in [5.41, 5.74) is 1.28. The van der Waals surface area contributed by atoms with Crippen LogP contribution in [0.1, 0.15) is 44.3 Å². The standard InChI is InChI=1S/C13H21N3O/c1-10(13-3-2-6-17-13)16-9-14-7-12(16)8-15-11-4-5-11/h7,9-11,13,15H,2-6,8H2,1H3. The Morgan fingerprint density at radius 1 is 1.53 bits per heavy atom. The maximum atomic E-state index is 5.76. The molecule has 0 bridgehead atoms. The van der Waals surface area contributed by atoms with E-state index in [-0.39, 0.29) is 0 Å². The fourth-order valence-corrected chi connectivity index (χ4v) is 2.53. The van der Waals surface area contributed by atoms with Crippen LogP contribution in [0.25, 0.3) is 0 Å². The minimum absolute atomic E-state index is 0.365. The molecule has 2 atom stereocenters. The van der Waals surface area contributed by atoms with Crippen molar-refractivity contribution >= 4 is 0 Å². The highest BCUT2D eigenvalue weighted by Crippen LogP contribution is 2.25. The lowest BCUT2D eigenvalue weighted by Crippen LogP contribution is -2.24. The molecule has 2 unspecified atom stereocenters. The van der Waals surface area contributed by atoms with E-state index < -0.39 is 0 Å². The summed E-state index contributed by atoms with van der Waals surface area (Å²) in [5, 5.41) is 3.54. The van der Waals surface area contributed by atoms with Crippen molar-refractivity contribution in [2.24, 2.45) is 0 Å². The van der Waals surface area contributed by atoms with Crippen LogP contribution < -0.4 is 5.32 Å². The quantitative estimate of drug-likeness (QED) is 0.847. The first kappa shape index (κ1) is 11.2. The van der Waals surface area contributed by atoms with Gasteiger partial charge >= 0.3 is 0 Å². The van der Waals surface area contributed by atoms with E-state index in [1.807, 2.05) is 12.5 Å². The molecule has 2 fully saturated rings. The Kier molecular flexibility index (Phi) is 3.16. The fourth-order valence-electron chi connectivity index (χ4n) is 2.53. The molecule has 1 aromatic rings. The second kappa shape index (κ2) is 4.78. The van der Waals surface area contributed by atoms with Crippen molar-refractivity contribution < 1.29 is 4.74 Å². The predicted octanol–water partition coefficient (Wildman–Crippen LogP) is 1.88. The van der Waals surface area contributed by atoms with E-state index in [4.69, 9.17) is 4.74 Å². The molecule has 1 N–H and O–H groups in total. The average Bonchev–Trinajstić information content (AvgIpc) is 2.86. The van der Waals surface area contributed by atoms with Gasteiger partial charge in [-0.3, -0.25) is 0 Å². The molecule has 0 amide bonds. The monoisotopic (exact) mass is 235 g/mol. The van der Waals surface area contributed by atoms with Gasteiger partial charge in [0.05, 0.1) is 24.2 Å². The summed E-state index contributed by atoms with van der Waals surface area (Å²) < 4.78 is 8.03. The second-order valence-electron chi connectivity index (χ2n) is 5.24. The van der Waals surface area contributed by atoms with Gasteiger partial charge in [0.2, 0.25) is 0 Å². The minimum Gasteiger partial charge on any atom is -0.376 e. The Balaban J connectivity index is 1.65. The first-order valence-electron chi connectivity index (χ1n) is 6.70. The lowest BCUT2D eigenvalue weighted by molar-refractivity contribution is 0.0723. The Hall–Kier alpha value is -0.870. The van der Waals surface area contributed by atoms with E-state index in [2.05, 4.69) is 21.8 Å². The molecule has 17 heavy (non-hydrogen) atoms. The zero-order chi connectivity index (χ0) is 11.7. The molecule has 2 aliphatic rings. The number of ether oxygens (including phenoxy) is 1. The second-order valence-corrected chi connectivity index (χ2v) is 5.24. The van der Waals surface area contributed by atoms with Gasteiger partial charge in [0.1, 0.15) is 0 Å². The summed E-state index contributed by atoms with van der Waals surface area (Å²) in [6.45, 7) is 4.08. The van der Waals surface area contributed by atoms with Gasteiger partial charge in [0, 0.05) is 25.4 Å². The van der Waals surface area contributed by atoms with Crippen LogP contribution in [-0.4, -0.2) is 28.3 Å². The number of imidazole rings is 1. The molecule has 1 aromatic heterocycles. The van der Waals surface area contributed by atoms with E-state index >= 15 is 0 Å². The highest BCUT2D eigenvalue weighted by Gasteiger charge is 2.25. The lowest BCUT2D eigenvalue weighted by atomic mass is 10.1. The van der Waals surface area contributed by atoms with Gasteiger partial charge < -0.3 is 14.6 Å². The summed E-state index contributed by atoms with van der Waals surface area (Å²) >= 11 is 0. The summed E-state index contributed by atoms with van der Waals surface area (Å²) in [4.78, 5) is 4.28. The molecule has 0 spiro atoms. The lowest BCUT2D eigenvalue weighted by Gasteiger charge is -2.22. The first-order chi connectivity index (χ1) is 8.34. The van der Waals surface area contributed by atoms with Crippen molar-refractivity contribution in [2.75, 3.05) is 6.61 Å². The topological polar surface area (TPSA) is 39.1 Å². The molecule has 4 heteroatoms. The summed E-state index contributed by atoms with van der Waals surface area (Å²) in [5.74, 6) is 0. The smallest absolute Gasteiger partial charge is 0.0952 e. The Labute approximate surface area is 102 Å². The summed E-state index contributed by atoms with van der Waals surface area (Å²) in [6.07, 6.45) is 9.31. The molecule has 1 saturated carbocycles. The third-order valence-corrected chi connectivity index (χ3v) is 3.84. The maximum Gasteiger partial charge on any atom is 0.0952 e. The van der Waals surface area contributed by atoms with Crippen LogP contribution in [0.5, 0.6) is 0 Å². The van der Waals surface area contributed by atoms with Gasteiger partial charge in [-0.2, -0.15) is 0 Å². The van der Waals surface area contributed by atoms with Crippen LogP contribution in [0.3, 0.4) is 0 Å². The van der Waals surface area contributed by atoms with Crippen molar-refractivity contribution in [1.29, 1.82) is 0 Å². The van der Waals surface area contributed by atoms with Crippen LogP contribution in [0.15, 0.2) is 12.5 Å². The van der Waals surface area contributed by atoms with E-state index in [1.165, 1.54) is 31.4 Å². The Morgan fingerprint density at radius 3 is 3.12 bits per heavy atom. The Morgan fingerprint density at radius 2 is 2.41 bits per heavy atom. The van der Waals surface area contributed by atoms with Crippen molar-refractivity contribution in [3.8, 4) is 0 Å². The molecule has 94 valence electrons. The molecule has 3 rings (SSSR count). The number of nitrogens with zero attached hydrogens (tertiary/aromatic N) is 2. The third-order valence-electron chi connectivity index (χ3n) is 3.84. The van der Waals surface area contributed by atoms with E-state index in [1.54, 1.807) is 0 Å². The van der Waals surface area contributed by atoms with E-state index in [0.29, 0.717) is 12.1 Å². The van der Waals surface area contributed by atoms with Crippen molar-refractivity contribution in [2.45, 2.75) is 57.3 Å². The largest absolute Gasteiger partial charge is 0.376 e. The van der Waals surface area contributed by atoms with Gasteiger partial charge in [-0.15, -0.1) is 0 Å². The molecule has 0 radical (unpaired) electrons. The van der Waals surface area contributed by atoms with Gasteiger partial charge in [-0.25, -0.2) is 4.98 Å². The van der Waals surface area contributed by atoms with Crippen molar-refractivity contribution in [3.63, 3.8) is 0 Å². The molecule has 0 aromatic carbocycles. The van der Waals surface area contributed by atoms with Gasteiger partial charge in [0.15, 0.2) is 0 Å². The number of hydrogen-bond donors (Lipinski definition) is 1. The Bertz CT molecular complexity index is 366. The zero-order valence-electron chi connectivity index (χ0n) is 10.4. The highest BCUT2D eigenvalue weighted by molar-refractivity contribution is 5.02. The van der Waals surface area contributed by atoms with Crippen molar-refractivity contribution in [1.82, 2.24) is 14.9 Å². The summed E-state index contributed by atoms with van der Waals surface area (Å²) in [6, 6.07) is 1.15. The van der Waals surface area contributed by atoms with Crippen LogP contribution in [-0.2, 0) is 11.3 Å². The summed E-state index contributed by atoms with van der Waals surface area (Å²) in [7, 11) is 0. The fraction of sp³-hybridized carbons (Fsp3) is 0.769. The third kappa shape index (κ3) is 2.53. The van der Waals surface area contributed by atoms with E-state index in [9.17, 15) is 0 Å². The van der Waals surface area contributed by atoms with Crippen LogP contribution in [0.2, 0.25) is 0 Å². The number of aromatic nitrogens is 2. The molecule has 1 aliphatic carbocycles. The van der Waals surface area contributed by atoms with E-state index in [0.717, 1.165) is 19.2 Å². The van der Waals surface area contributed by atoms with Crippen LogP contribution >= 0.6 is 0 Å². The van der Waals surface area contributed by atoms with Crippen LogP contribution in [0, 0.1) is 0 Å². The maximum absolute atomic E-state index is 5.76. The van der Waals surface area contributed by atoms with Crippen molar-refractivity contribution in [3.05, 3.63) is 18.2 Å². The molecule has 1 aliphatic heterocycles. The SMILES string of the molecule is CC(C1CCCO1)n1cncc1CNC1CC1. The molecule has 1 saturated heterocycles. The molecule has 4 nitrogen and oxygen atoms in total. The van der Waals surface area contributed by atoms with Gasteiger partial charge in [0.25, 0.3) is 0 Å². The average molecular weight is 235 g/mol. The molecular formula is C13H21N3O. The first-order valence-corrected chi connectivity index (χ1v) is 6.70. The number of hydrogen-bond acceptors (Lipinski definition) is 3. The minimum atomic E-state index is 0.365. The zero-order valence-corrected chi connectivity index (χ0v) is 10.4. The normalized spacial score (nSPS) is 26.3. The predicted molar refractivity (Wildman–Crippen MR) is 65.8 cm³/mol. The molecular weight excluding hydrogens is 214 g/mol. The molecule has 2 heterocycles. The number of rotatable bonds is 5. The number of nitrogens with one attached hydrogen (secondary N) is 1. The van der Waals surface area contributed by atoms with Gasteiger partial charge in [-0.05, 0) is 32.6 Å². The van der Waals surface area contributed by atoms with Gasteiger partial charge in [-0.1, -0.05) is 0 Å².